The molecule has 1 atom stereocenters. The van der Waals surface area contributed by atoms with Crippen LogP contribution in [0.1, 0.15) is 11.8 Å². The Balaban J connectivity index is 2.23. The van der Waals surface area contributed by atoms with Crippen molar-refractivity contribution in [2.45, 2.75) is 24.3 Å². The Morgan fingerprint density at radius 3 is 2.75 bits per heavy atom. The first-order valence-electron chi connectivity index (χ1n) is 6.14. The maximum Gasteiger partial charge on any atom is 0.246 e. The molecule has 0 saturated carbocycles. The predicted octanol–water partition coefficient (Wildman–Crippen LogP) is 1.98. The first-order chi connectivity index (χ1) is 9.43. The molecule has 108 valence electrons. The average molecular weight is 311 g/mol. The molecule has 2 aromatic rings. The molecule has 0 amide bonds. The molecular formula is C13H17N3O2S2. The number of hydrogen-bond donors (Lipinski definition) is 1. The molecule has 1 unspecified atom stereocenters. The van der Waals surface area contributed by atoms with Gasteiger partial charge < -0.3 is 5.73 Å². The van der Waals surface area contributed by atoms with E-state index in [0.717, 1.165) is 4.88 Å². The van der Waals surface area contributed by atoms with E-state index in [1.165, 1.54) is 16.6 Å². The van der Waals surface area contributed by atoms with Crippen LogP contribution in [-0.4, -0.2) is 30.8 Å². The summed E-state index contributed by atoms with van der Waals surface area (Å²) in [6, 6.07) is 6.85. The number of nitrogens with zero attached hydrogens (tertiary/aromatic N) is 2. The predicted molar refractivity (Wildman–Crippen MR) is 81.1 cm³/mol. The van der Waals surface area contributed by atoms with Gasteiger partial charge in [-0.15, -0.1) is 11.3 Å². The minimum Gasteiger partial charge on any atom is -0.383 e. The molecule has 0 bridgehead atoms. The normalized spacial score (nSPS) is 13.6. The number of aromatic nitrogens is 1. The highest BCUT2D eigenvalue weighted by atomic mass is 32.2. The van der Waals surface area contributed by atoms with Crippen molar-refractivity contribution in [2.24, 2.45) is 0 Å². The lowest BCUT2D eigenvalue weighted by Gasteiger charge is -2.24. The van der Waals surface area contributed by atoms with E-state index in [0.29, 0.717) is 6.42 Å². The number of thiophene rings is 1. The van der Waals surface area contributed by atoms with Gasteiger partial charge in [-0.1, -0.05) is 6.07 Å². The monoisotopic (exact) mass is 311 g/mol. The Morgan fingerprint density at radius 1 is 1.40 bits per heavy atom. The number of pyridine rings is 1. The second-order valence-electron chi connectivity index (χ2n) is 4.54. The van der Waals surface area contributed by atoms with E-state index < -0.39 is 10.0 Å². The van der Waals surface area contributed by atoms with Crippen LogP contribution in [0.4, 0.5) is 5.82 Å². The van der Waals surface area contributed by atoms with Crippen molar-refractivity contribution in [3.05, 3.63) is 40.7 Å². The van der Waals surface area contributed by atoms with E-state index >= 15 is 0 Å². The number of likely N-dealkylation sites (N-methyl/N-ethyl adjacent to an activating group) is 1. The zero-order valence-electron chi connectivity index (χ0n) is 11.4. The summed E-state index contributed by atoms with van der Waals surface area (Å²) in [7, 11) is -2.05. The second kappa shape index (κ2) is 5.90. The van der Waals surface area contributed by atoms with Crippen molar-refractivity contribution >= 4 is 27.2 Å². The fourth-order valence-electron chi connectivity index (χ4n) is 1.86. The number of nitrogen functional groups attached to an aromatic ring is 1. The largest absolute Gasteiger partial charge is 0.383 e. The van der Waals surface area contributed by atoms with Crippen molar-refractivity contribution in [2.75, 3.05) is 12.8 Å². The Morgan fingerprint density at radius 2 is 2.15 bits per heavy atom. The Hall–Kier alpha value is -1.44. The molecule has 0 saturated heterocycles. The zero-order chi connectivity index (χ0) is 14.8. The molecule has 20 heavy (non-hydrogen) atoms. The molecule has 0 aliphatic rings. The van der Waals surface area contributed by atoms with Gasteiger partial charge in [0.2, 0.25) is 10.0 Å². The van der Waals surface area contributed by atoms with Crippen LogP contribution in [0, 0.1) is 0 Å². The number of rotatable bonds is 5. The zero-order valence-corrected chi connectivity index (χ0v) is 13.0. The van der Waals surface area contributed by atoms with E-state index in [9.17, 15) is 8.42 Å². The lowest BCUT2D eigenvalue weighted by atomic mass is 10.2. The minimum atomic E-state index is -3.62. The van der Waals surface area contributed by atoms with Crippen LogP contribution in [0.25, 0.3) is 0 Å². The molecule has 7 heteroatoms. The van der Waals surface area contributed by atoms with Gasteiger partial charge in [-0.05, 0) is 36.9 Å². The molecule has 0 aliphatic heterocycles. The molecule has 0 radical (unpaired) electrons. The Kier molecular flexibility index (Phi) is 4.42. The lowest BCUT2D eigenvalue weighted by molar-refractivity contribution is 0.388. The number of sulfonamides is 1. The Bertz CT molecular complexity index is 669. The summed E-state index contributed by atoms with van der Waals surface area (Å²) in [5.41, 5.74) is 5.67. The van der Waals surface area contributed by atoms with Crippen molar-refractivity contribution in [1.29, 1.82) is 0 Å². The first kappa shape index (κ1) is 15.0. The van der Waals surface area contributed by atoms with Gasteiger partial charge in [0.25, 0.3) is 0 Å². The molecule has 0 aromatic carbocycles. The molecular weight excluding hydrogens is 294 g/mol. The highest BCUT2D eigenvalue weighted by Gasteiger charge is 2.27. The highest BCUT2D eigenvalue weighted by molar-refractivity contribution is 7.89. The van der Waals surface area contributed by atoms with E-state index in [4.69, 9.17) is 5.73 Å². The van der Waals surface area contributed by atoms with Crippen LogP contribution < -0.4 is 5.73 Å². The summed E-state index contributed by atoms with van der Waals surface area (Å²) in [5.74, 6) is 0.0303. The summed E-state index contributed by atoms with van der Waals surface area (Å²) in [6.07, 6.45) is 2.15. The molecule has 0 fully saturated rings. The molecule has 2 heterocycles. The summed E-state index contributed by atoms with van der Waals surface area (Å²) in [4.78, 5) is 5.04. The fourth-order valence-corrected chi connectivity index (χ4v) is 4.11. The van der Waals surface area contributed by atoms with Crippen LogP contribution >= 0.6 is 11.3 Å². The lowest BCUT2D eigenvalue weighted by Crippen LogP contribution is -2.36. The molecule has 5 nitrogen and oxygen atoms in total. The topological polar surface area (TPSA) is 76.3 Å². The van der Waals surface area contributed by atoms with Gasteiger partial charge in [0.05, 0.1) is 0 Å². The summed E-state index contributed by atoms with van der Waals surface area (Å²) in [5, 5.41) is 1.98. The van der Waals surface area contributed by atoms with Crippen LogP contribution in [0.3, 0.4) is 0 Å². The van der Waals surface area contributed by atoms with Crippen molar-refractivity contribution < 1.29 is 8.42 Å². The molecule has 2 rings (SSSR count). The number of nitrogens with two attached hydrogens (primary N) is 1. The second-order valence-corrected chi connectivity index (χ2v) is 7.54. The number of hydrogen-bond acceptors (Lipinski definition) is 5. The smallest absolute Gasteiger partial charge is 0.246 e. The summed E-state index contributed by atoms with van der Waals surface area (Å²) in [6.45, 7) is 1.88. The SMILES string of the molecule is CC(Cc1cccs1)N(C)S(=O)(=O)c1cccnc1N. The maximum atomic E-state index is 12.5. The van der Waals surface area contributed by atoms with E-state index in [1.807, 2.05) is 24.4 Å². The van der Waals surface area contributed by atoms with Crippen molar-refractivity contribution in [3.63, 3.8) is 0 Å². The van der Waals surface area contributed by atoms with Gasteiger partial charge in [-0.25, -0.2) is 13.4 Å². The van der Waals surface area contributed by atoms with Crippen molar-refractivity contribution in [3.8, 4) is 0 Å². The third kappa shape index (κ3) is 3.00. The van der Waals surface area contributed by atoms with Crippen LogP contribution in [-0.2, 0) is 16.4 Å². The van der Waals surface area contributed by atoms with E-state index in [1.54, 1.807) is 24.5 Å². The van der Waals surface area contributed by atoms with Crippen LogP contribution in [0.2, 0.25) is 0 Å². The molecule has 0 spiro atoms. The molecule has 2 N–H and O–H groups in total. The molecule has 0 aliphatic carbocycles. The number of anilines is 1. The van der Waals surface area contributed by atoms with E-state index in [2.05, 4.69) is 4.98 Å². The third-order valence-corrected chi connectivity index (χ3v) is 6.07. The highest BCUT2D eigenvalue weighted by Crippen LogP contribution is 2.22. The van der Waals surface area contributed by atoms with Crippen LogP contribution in [0.5, 0.6) is 0 Å². The standard InChI is InChI=1S/C13H17N3O2S2/c1-10(9-11-5-4-8-19-11)16(2)20(17,18)12-6-3-7-15-13(12)14/h3-8,10H,9H2,1-2H3,(H2,14,15). The van der Waals surface area contributed by atoms with E-state index in [-0.39, 0.29) is 16.8 Å². The third-order valence-electron chi connectivity index (χ3n) is 3.15. The van der Waals surface area contributed by atoms with Gasteiger partial charge >= 0.3 is 0 Å². The maximum absolute atomic E-state index is 12.5. The fraction of sp³-hybridized carbons (Fsp3) is 0.308. The quantitative estimate of drug-likeness (QED) is 0.916. The van der Waals surface area contributed by atoms with Gasteiger partial charge in [0, 0.05) is 24.2 Å². The first-order valence-corrected chi connectivity index (χ1v) is 8.46. The summed E-state index contributed by atoms with van der Waals surface area (Å²) < 4.78 is 26.4. The van der Waals surface area contributed by atoms with Gasteiger partial charge in [-0.2, -0.15) is 4.31 Å². The molecule has 2 aromatic heterocycles. The van der Waals surface area contributed by atoms with Crippen LogP contribution in [0.15, 0.2) is 40.7 Å². The average Bonchev–Trinajstić information content (AvgIpc) is 2.90. The van der Waals surface area contributed by atoms with Gasteiger partial charge in [0.15, 0.2) is 0 Å². The van der Waals surface area contributed by atoms with Gasteiger partial charge in [-0.3, -0.25) is 0 Å². The Labute approximate surface area is 123 Å². The minimum absolute atomic E-state index is 0.0303. The summed E-state index contributed by atoms with van der Waals surface area (Å²) >= 11 is 1.62. The van der Waals surface area contributed by atoms with Gasteiger partial charge in [0.1, 0.15) is 10.7 Å². The van der Waals surface area contributed by atoms with Crippen molar-refractivity contribution in [1.82, 2.24) is 9.29 Å².